The van der Waals surface area contributed by atoms with E-state index in [1.165, 1.54) is 4.90 Å². The summed E-state index contributed by atoms with van der Waals surface area (Å²) in [6.07, 6.45) is 2.72. The third-order valence-electron chi connectivity index (χ3n) is 5.30. The molecule has 1 aliphatic carbocycles. The van der Waals surface area contributed by atoms with Gasteiger partial charge in [0.1, 0.15) is 0 Å². The highest BCUT2D eigenvalue weighted by molar-refractivity contribution is 5.95. The number of hydrogen-bond donors (Lipinski definition) is 2. The van der Waals surface area contributed by atoms with Gasteiger partial charge in [-0.2, -0.15) is 0 Å². The molecule has 3 rings (SSSR count). The Kier molecular flexibility index (Phi) is 5.72. The van der Waals surface area contributed by atoms with E-state index >= 15 is 0 Å². The summed E-state index contributed by atoms with van der Waals surface area (Å²) in [5.41, 5.74) is 2.41. The zero-order chi connectivity index (χ0) is 20.4. The molecule has 150 valence electrons. The number of nitrogens with one attached hydrogen (secondary N) is 2. The lowest BCUT2D eigenvalue weighted by Gasteiger charge is -2.33. The third-order valence-corrected chi connectivity index (χ3v) is 5.30. The topological polar surface area (TPSA) is 87.7 Å². The van der Waals surface area contributed by atoms with Gasteiger partial charge in [-0.3, -0.25) is 4.79 Å². The number of hydrogen-bond acceptors (Lipinski definition) is 4. The molecule has 0 unspecified atom stereocenters. The number of anilines is 1. The van der Waals surface area contributed by atoms with E-state index in [0.717, 1.165) is 24.8 Å². The average molecular weight is 385 g/mol. The van der Waals surface area contributed by atoms with Gasteiger partial charge in [-0.05, 0) is 51.3 Å². The van der Waals surface area contributed by atoms with Crippen molar-refractivity contribution in [1.82, 2.24) is 10.2 Å². The van der Waals surface area contributed by atoms with Gasteiger partial charge in [0.05, 0.1) is 17.7 Å². The number of carbonyl (C=O) groups excluding carboxylic acids is 3. The highest BCUT2D eigenvalue weighted by Crippen LogP contribution is 2.32. The molecule has 3 amide bonds. The fourth-order valence-electron chi connectivity index (χ4n) is 3.30. The van der Waals surface area contributed by atoms with Gasteiger partial charge in [-0.25, -0.2) is 9.59 Å². The van der Waals surface area contributed by atoms with Gasteiger partial charge in [0.15, 0.2) is 0 Å². The Morgan fingerprint density at radius 2 is 1.86 bits per heavy atom. The molecule has 1 heterocycles. The molecule has 0 spiro atoms. The average Bonchev–Trinajstić information content (AvgIpc) is 2.57. The van der Waals surface area contributed by atoms with Crippen LogP contribution in [0.15, 0.2) is 35.5 Å². The maximum absolute atomic E-state index is 12.7. The fourth-order valence-corrected chi connectivity index (χ4v) is 3.30. The Labute approximate surface area is 165 Å². The maximum atomic E-state index is 12.7. The van der Waals surface area contributed by atoms with Crippen LogP contribution in [0.5, 0.6) is 0 Å². The largest absolute Gasteiger partial charge is 0.459 e. The highest BCUT2D eigenvalue weighted by Gasteiger charge is 2.35. The number of nitrogens with zero attached hydrogens (tertiary/aromatic N) is 1. The van der Waals surface area contributed by atoms with Crippen molar-refractivity contribution in [3.05, 3.63) is 41.1 Å². The molecule has 28 heavy (non-hydrogen) atoms. The Balaban J connectivity index is 1.83. The second kappa shape index (κ2) is 8.04. The summed E-state index contributed by atoms with van der Waals surface area (Å²) in [4.78, 5) is 38.5. The summed E-state index contributed by atoms with van der Waals surface area (Å²) >= 11 is 0. The molecule has 0 saturated heterocycles. The van der Waals surface area contributed by atoms with E-state index in [1.807, 2.05) is 12.1 Å². The molecular formula is C21H27N3O4. The zero-order valence-corrected chi connectivity index (χ0v) is 16.7. The van der Waals surface area contributed by atoms with E-state index in [4.69, 9.17) is 4.74 Å². The Morgan fingerprint density at radius 1 is 1.21 bits per heavy atom. The number of urea groups is 1. The molecule has 7 heteroatoms. The van der Waals surface area contributed by atoms with Crippen molar-refractivity contribution in [3.63, 3.8) is 0 Å². The van der Waals surface area contributed by atoms with Crippen LogP contribution in [0.1, 0.15) is 51.6 Å². The maximum Gasteiger partial charge on any atom is 0.338 e. The minimum atomic E-state index is -0.605. The first-order chi connectivity index (χ1) is 13.3. The van der Waals surface area contributed by atoms with Gasteiger partial charge in [0, 0.05) is 24.4 Å². The lowest BCUT2D eigenvalue weighted by atomic mass is 9.85. The van der Waals surface area contributed by atoms with Crippen LogP contribution in [0.3, 0.4) is 0 Å². The number of benzene rings is 1. The summed E-state index contributed by atoms with van der Waals surface area (Å²) in [6.45, 7) is 5.30. The van der Waals surface area contributed by atoms with Gasteiger partial charge in [-0.1, -0.05) is 18.6 Å². The first kappa shape index (κ1) is 19.9. The molecule has 1 fully saturated rings. The van der Waals surface area contributed by atoms with Gasteiger partial charge < -0.3 is 20.3 Å². The molecule has 1 aliphatic heterocycles. The Morgan fingerprint density at radius 3 is 2.39 bits per heavy atom. The van der Waals surface area contributed by atoms with Gasteiger partial charge in [0.25, 0.3) is 0 Å². The number of carbonyl (C=O) groups is 3. The van der Waals surface area contributed by atoms with Crippen molar-refractivity contribution in [1.29, 1.82) is 0 Å². The van der Waals surface area contributed by atoms with Crippen LogP contribution < -0.4 is 10.6 Å². The zero-order valence-electron chi connectivity index (χ0n) is 16.7. The standard InChI is InChI=1S/C21H27N3O4/c1-12(2)28-20(26)17-13(3)24(4)21(27)23-18(17)14-8-10-16(11-9-14)22-19(25)15-6-5-7-15/h8-12,15,18H,5-7H2,1-4H3,(H,22,25)(H,23,27)/t18-/m0/s1. The molecule has 0 radical (unpaired) electrons. The lowest BCUT2D eigenvalue weighted by Crippen LogP contribution is -2.46. The van der Waals surface area contributed by atoms with Gasteiger partial charge in [0.2, 0.25) is 5.91 Å². The Bertz CT molecular complexity index is 809. The van der Waals surface area contributed by atoms with Crippen molar-refractivity contribution in [2.45, 2.75) is 52.2 Å². The molecule has 2 N–H and O–H groups in total. The van der Waals surface area contributed by atoms with E-state index < -0.39 is 12.0 Å². The minimum Gasteiger partial charge on any atom is -0.459 e. The van der Waals surface area contributed by atoms with E-state index in [2.05, 4.69) is 10.6 Å². The number of amides is 3. The van der Waals surface area contributed by atoms with Crippen LogP contribution in [0.25, 0.3) is 0 Å². The predicted molar refractivity (Wildman–Crippen MR) is 105 cm³/mol. The van der Waals surface area contributed by atoms with Crippen molar-refractivity contribution < 1.29 is 19.1 Å². The van der Waals surface area contributed by atoms with Crippen LogP contribution in [0.4, 0.5) is 10.5 Å². The number of esters is 1. The third kappa shape index (κ3) is 4.03. The first-order valence-electron chi connectivity index (χ1n) is 9.64. The number of allylic oxidation sites excluding steroid dienone is 1. The molecule has 1 saturated carbocycles. The van der Waals surface area contributed by atoms with E-state index in [0.29, 0.717) is 17.0 Å². The molecule has 1 aromatic rings. The van der Waals surface area contributed by atoms with E-state index in [1.54, 1.807) is 40.0 Å². The van der Waals surface area contributed by atoms with Crippen LogP contribution in [0, 0.1) is 5.92 Å². The number of rotatable bonds is 5. The minimum absolute atomic E-state index is 0.0449. The molecule has 1 atom stereocenters. The van der Waals surface area contributed by atoms with Gasteiger partial charge >= 0.3 is 12.0 Å². The fraction of sp³-hybridized carbons (Fsp3) is 0.476. The smallest absolute Gasteiger partial charge is 0.338 e. The second-order valence-corrected chi connectivity index (χ2v) is 7.63. The molecule has 0 aromatic heterocycles. The molecule has 7 nitrogen and oxygen atoms in total. The van der Waals surface area contributed by atoms with Crippen molar-refractivity contribution in [2.24, 2.45) is 5.92 Å². The van der Waals surface area contributed by atoms with Crippen molar-refractivity contribution in [2.75, 3.05) is 12.4 Å². The molecule has 1 aromatic carbocycles. The van der Waals surface area contributed by atoms with Crippen LogP contribution >= 0.6 is 0 Å². The first-order valence-corrected chi connectivity index (χ1v) is 9.64. The summed E-state index contributed by atoms with van der Waals surface area (Å²) in [6, 6.07) is 6.30. The van der Waals surface area contributed by atoms with Crippen molar-refractivity contribution in [3.8, 4) is 0 Å². The summed E-state index contributed by atoms with van der Waals surface area (Å²) in [5.74, 6) is -0.300. The quantitative estimate of drug-likeness (QED) is 0.761. The summed E-state index contributed by atoms with van der Waals surface area (Å²) in [7, 11) is 1.61. The normalized spacial score (nSPS) is 20.0. The lowest BCUT2D eigenvalue weighted by molar-refractivity contribution is -0.143. The highest BCUT2D eigenvalue weighted by atomic mass is 16.5. The van der Waals surface area contributed by atoms with E-state index in [9.17, 15) is 14.4 Å². The molecule has 0 bridgehead atoms. The second-order valence-electron chi connectivity index (χ2n) is 7.63. The molecular weight excluding hydrogens is 358 g/mol. The predicted octanol–water partition coefficient (Wildman–Crippen LogP) is 3.35. The van der Waals surface area contributed by atoms with Crippen LogP contribution in [-0.4, -0.2) is 36.0 Å². The van der Waals surface area contributed by atoms with Gasteiger partial charge in [-0.15, -0.1) is 0 Å². The number of ether oxygens (including phenoxy) is 1. The van der Waals surface area contributed by atoms with Crippen LogP contribution in [0.2, 0.25) is 0 Å². The Hall–Kier alpha value is -2.83. The van der Waals surface area contributed by atoms with E-state index in [-0.39, 0.29) is 24.0 Å². The summed E-state index contributed by atoms with van der Waals surface area (Å²) < 4.78 is 5.39. The van der Waals surface area contributed by atoms with Crippen molar-refractivity contribution >= 4 is 23.6 Å². The SMILES string of the molecule is CC1=C(C(=O)OC(C)C)[C@H](c2ccc(NC(=O)C3CCC3)cc2)NC(=O)N1C. The molecule has 2 aliphatic rings. The monoisotopic (exact) mass is 385 g/mol. The summed E-state index contributed by atoms with van der Waals surface area (Å²) in [5, 5.41) is 5.78. The van der Waals surface area contributed by atoms with Crippen LogP contribution in [-0.2, 0) is 14.3 Å².